The molecule has 21 heavy (non-hydrogen) atoms. The van der Waals surface area contributed by atoms with E-state index >= 15 is 0 Å². The maximum absolute atomic E-state index is 12.1. The summed E-state index contributed by atoms with van der Waals surface area (Å²) >= 11 is 0. The Hall–Kier alpha value is -1.97. The summed E-state index contributed by atoms with van der Waals surface area (Å²) in [5.41, 5.74) is 0.0407. The SMILES string of the molecule is COC(=O)c1cccc(S(=O)(=O)NC(CO)C(=O)OC)c1. The lowest BCUT2D eigenvalue weighted by Gasteiger charge is -2.14. The fourth-order valence-corrected chi connectivity index (χ4v) is 2.69. The molecule has 0 bridgehead atoms. The van der Waals surface area contributed by atoms with E-state index in [4.69, 9.17) is 5.11 Å². The molecule has 0 aliphatic rings. The van der Waals surface area contributed by atoms with Crippen molar-refractivity contribution in [3.63, 3.8) is 0 Å². The average Bonchev–Trinajstić information content (AvgIpc) is 2.51. The summed E-state index contributed by atoms with van der Waals surface area (Å²) in [5.74, 6) is -1.62. The second-order valence-corrected chi connectivity index (χ2v) is 5.61. The fraction of sp³-hybridized carbons (Fsp3) is 0.333. The van der Waals surface area contributed by atoms with E-state index < -0.39 is 34.6 Å². The number of hydrogen-bond donors (Lipinski definition) is 2. The summed E-state index contributed by atoms with van der Waals surface area (Å²) in [6, 6.07) is 3.64. The molecule has 0 saturated heterocycles. The normalized spacial score (nSPS) is 12.5. The Morgan fingerprint density at radius 1 is 1.29 bits per heavy atom. The zero-order chi connectivity index (χ0) is 16.0. The number of hydrogen-bond acceptors (Lipinski definition) is 7. The first kappa shape index (κ1) is 17.1. The van der Waals surface area contributed by atoms with E-state index in [1.165, 1.54) is 25.3 Å². The maximum Gasteiger partial charge on any atom is 0.337 e. The summed E-state index contributed by atoms with van der Waals surface area (Å²) in [5, 5.41) is 9.02. The van der Waals surface area contributed by atoms with Crippen molar-refractivity contribution in [1.29, 1.82) is 0 Å². The molecule has 1 aromatic rings. The molecule has 9 heteroatoms. The molecule has 0 heterocycles. The third kappa shape index (κ3) is 4.25. The highest BCUT2D eigenvalue weighted by molar-refractivity contribution is 7.89. The van der Waals surface area contributed by atoms with Crippen LogP contribution in [0.1, 0.15) is 10.4 Å². The number of aliphatic hydroxyl groups excluding tert-OH is 1. The third-order valence-electron chi connectivity index (χ3n) is 2.53. The van der Waals surface area contributed by atoms with Gasteiger partial charge < -0.3 is 14.6 Å². The Bertz CT molecular complexity index is 626. The Morgan fingerprint density at radius 2 is 1.95 bits per heavy atom. The second-order valence-electron chi connectivity index (χ2n) is 3.90. The van der Waals surface area contributed by atoms with E-state index in [2.05, 4.69) is 9.47 Å². The molecule has 8 nitrogen and oxygen atoms in total. The largest absolute Gasteiger partial charge is 0.468 e. The van der Waals surface area contributed by atoms with Crippen molar-refractivity contribution in [3.8, 4) is 0 Å². The molecule has 0 radical (unpaired) electrons. The lowest BCUT2D eigenvalue weighted by atomic mass is 10.2. The van der Waals surface area contributed by atoms with E-state index in [1.807, 2.05) is 4.72 Å². The van der Waals surface area contributed by atoms with E-state index in [9.17, 15) is 18.0 Å². The minimum Gasteiger partial charge on any atom is -0.468 e. The van der Waals surface area contributed by atoms with E-state index in [-0.39, 0.29) is 10.5 Å². The van der Waals surface area contributed by atoms with Gasteiger partial charge >= 0.3 is 11.9 Å². The number of ether oxygens (including phenoxy) is 2. The van der Waals surface area contributed by atoms with Crippen LogP contribution >= 0.6 is 0 Å². The van der Waals surface area contributed by atoms with Crippen LogP contribution in [0.4, 0.5) is 0 Å². The van der Waals surface area contributed by atoms with Gasteiger partial charge in [0.1, 0.15) is 6.04 Å². The summed E-state index contributed by atoms with van der Waals surface area (Å²) in [6.07, 6.45) is 0. The molecule has 0 spiro atoms. The molecular weight excluding hydrogens is 302 g/mol. The van der Waals surface area contributed by atoms with Crippen LogP contribution in [0.2, 0.25) is 0 Å². The molecule has 0 aromatic heterocycles. The van der Waals surface area contributed by atoms with Gasteiger partial charge in [-0.3, -0.25) is 4.79 Å². The van der Waals surface area contributed by atoms with Crippen molar-refractivity contribution in [2.45, 2.75) is 10.9 Å². The molecule has 116 valence electrons. The number of nitrogens with one attached hydrogen (secondary N) is 1. The second kappa shape index (κ2) is 7.16. The van der Waals surface area contributed by atoms with Crippen LogP contribution in [0.3, 0.4) is 0 Å². The number of rotatable bonds is 6. The van der Waals surface area contributed by atoms with Gasteiger partial charge in [-0.1, -0.05) is 6.07 Å². The van der Waals surface area contributed by atoms with Crippen LogP contribution in [0.5, 0.6) is 0 Å². The molecule has 0 amide bonds. The van der Waals surface area contributed by atoms with Crippen LogP contribution in [-0.4, -0.2) is 52.3 Å². The van der Waals surface area contributed by atoms with Gasteiger partial charge in [0, 0.05) is 0 Å². The number of sulfonamides is 1. The average molecular weight is 317 g/mol. The molecule has 0 fully saturated rings. The van der Waals surface area contributed by atoms with Crippen LogP contribution < -0.4 is 4.72 Å². The molecule has 0 aliphatic carbocycles. The number of aliphatic hydroxyl groups is 1. The minimum atomic E-state index is -4.11. The Kier molecular flexibility index (Phi) is 5.82. The van der Waals surface area contributed by atoms with E-state index in [0.29, 0.717) is 0 Å². The van der Waals surface area contributed by atoms with Gasteiger partial charge in [0.2, 0.25) is 10.0 Å². The van der Waals surface area contributed by atoms with Gasteiger partial charge in [-0.05, 0) is 18.2 Å². The Labute approximate surface area is 121 Å². The number of carbonyl (C=O) groups excluding carboxylic acids is 2. The highest BCUT2D eigenvalue weighted by Gasteiger charge is 2.26. The first-order chi connectivity index (χ1) is 9.85. The Morgan fingerprint density at radius 3 is 2.48 bits per heavy atom. The topological polar surface area (TPSA) is 119 Å². The summed E-state index contributed by atoms with van der Waals surface area (Å²) in [4.78, 5) is 22.4. The zero-order valence-electron chi connectivity index (χ0n) is 11.4. The van der Waals surface area contributed by atoms with Crippen molar-refractivity contribution in [1.82, 2.24) is 4.72 Å². The standard InChI is InChI=1S/C12H15NO7S/c1-19-11(15)8-4-3-5-9(6-8)21(17,18)13-10(7-14)12(16)20-2/h3-6,10,13-14H,7H2,1-2H3. The van der Waals surface area contributed by atoms with Gasteiger partial charge in [0.25, 0.3) is 0 Å². The minimum absolute atomic E-state index is 0.0407. The van der Waals surface area contributed by atoms with Crippen LogP contribution in [0.25, 0.3) is 0 Å². The predicted octanol–water partition coefficient (Wildman–Crippen LogP) is -0.715. The summed E-state index contributed by atoms with van der Waals surface area (Å²) in [6.45, 7) is -0.761. The van der Waals surface area contributed by atoms with Crippen molar-refractivity contribution in [3.05, 3.63) is 29.8 Å². The molecule has 0 saturated carbocycles. The van der Waals surface area contributed by atoms with Gasteiger partial charge in [0.15, 0.2) is 0 Å². The highest BCUT2D eigenvalue weighted by atomic mass is 32.2. The van der Waals surface area contributed by atoms with Gasteiger partial charge in [-0.15, -0.1) is 0 Å². The van der Waals surface area contributed by atoms with Gasteiger partial charge in [0.05, 0.1) is 31.3 Å². The van der Waals surface area contributed by atoms with E-state index in [1.54, 1.807) is 0 Å². The predicted molar refractivity (Wildman–Crippen MR) is 71.0 cm³/mol. The van der Waals surface area contributed by atoms with Crippen molar-refractivity contribution >= 4 is 22.0 Å². The van der Waals surface area contributed by atoms with Gasteiger partial charge in [-0.25, -0.2) is 13.2 Å². The number of esters is 2. The molecule has 1 atom stereocenters. The number of methoxy groups -OCH3 is 2. The van der Waals surface area contributed by atoms with Crippen LogP contribution in [0, 0.1) is 0 Å². The monoisotopic (exact) mass is 317 g/mol. The first-order valence-electron chi connectivity index (χ1n) is 5.75. The van der Waals surface area contributed by atoms with E-state index in [0.717, 1.165) is 13.2 Å². The lowest BCUT2D eigenvalue weighted by Crippen LogP contribution is -2.43. The molecule has 1 aromatic carbocycles. The molecule has 1 rings (SSSR count). The third-order valence-corrected chi connectivity index (χ3v) is 4.00. The zero-order valence-corrected chi connectivity index (χ0v) is 12.2. The molecule has 1 unspecified atom stereocenters. The van der Waals surface area contributed by atoms with Crippen molar-refractivity contribution < 1.29 is 32.6 Å². The smallest absolute Gasteiger partial charge is 0.337 e. The highest BCUT2D eigenvalue weighted by Crippen LogP contribution is 2.13. The molecular formula is C12H15NO7S. The van der Waals surface area contributed by atoms with Crippen LogP contribution in [0.15, 0.2) is 29.2 Å². The van der Waals surface area contributed by atoms with Gasteiger partial charge in [-0.2, -0.15) is 4.72 Å². The molecule has 0 aliphatic heterocycles. The maximum atomic E-state index is 12.1. The number of benzene rings is 1. The summed E-state index contributed by atoms with van der Waals surface area (Å²) < 4.78 is 35.1. The van der Waals surface area contributed by atoms with Crippen LogP contribution in [-0.2, 0) is 24.3 Å². The quantitative estimate of drug-likeness (QED) is 0.665. The lowest BCUT2D eigenvalue weighted by molar-refractivity contribution is -0.143. The number of carbonyl (C=O) groups is 2. The fourth-order valence-electron chi connectivity index (χ4n) is 1.47. The van der Waals surface area contributed by atoms with Crippen molar-refractivity contribution in [2.75, 3.05) is 20.8 Å². The Balaban J connectivity index is 3.08. The van der Waals surface area contributed by atoms with Crippen molar-refractivity contribution in [2.24, 2.45) is 0 Å². The first-order valence-corrected chi connectivity index (χ1v) is 7.23. The summed E-state index contributed by atoms with van der Waals surface area (Å²) in [7, 11) is -1.88. The molecule has 2 N–H and O–H groups in total.